The van der Waals surface area contributed by atoms with Gasteiger partial charge < -0.3 is 10.1 Å². The van der Waals surface area contributed by atoms with E-state index in [0.717, 1.165) is 9.79 Å². The first-order chi connectivity index (χ1) is 19.0. The molecule has 0 heterocycles. The monoisotopic (exact) mass is 571 g/mol. The number of hydrogen-bond acceptors (Lipinski definition) is 10. The lowest BCUT2D eigenvalue weighted by Gasteiger charge is -2.32. The standard InChI is InChI=1S/C27H33NO5S.2CO2/c1-5-8-26(32)33-18-25(31)21-11-15-23(16-12-21)34-22-13-9-20(10-14-22)24(30)17-27(6-2,7-3)28-19(4)29;2*2-1-3/h9-16H,5-8,17-18H2,1-4H3,(H,28,29);;. The van der Waals surface area contributed by atoms with Gasteiger partial charge in [-0.3, -0.25) is 19.2 Å². The summed E-state index contributed by atoms with van der Waals surface area (Å²) < 4.78 is 4.98. The number of ketones is 2. The van der Waals surface area contributed by atoms with E-state index in [0.29, 0.717) is 36.8 Å². The van der Waals surface area contributed by atoms with Crippen LogP contribution in [0.5, 0.6) is 0 Å². The van der Waals surface area contributed by atoms with Gasteiger partial charge in [0.2, 0.25) is 5.91 Å². The normalized spacial score (nSPS) is 9.80. The van der Waals surface area contributed by atoms with Crippen molar-refractivity contribution in [3.05, 3.63) is 59.7 Å². The van der Waals surface area contributed by atoms with E-state index in [1.807, 2.05) is 45.0 Å². The molecule has 0 aromatic heterocycles. The second-order valence-electron chi connectivity index (χ2n) is 8.42. The van der Waals surface area contributed by atoms with E-state index in [2.05, 4.69) is 5.32 Å². The van der Waals surface area contributed by atoms with Gasteiger partial charge in [-0.1, -0.05) is 56.8 Å². The van der Waals surface area contributed by atoms with Crippen LogP contribution >= 0.6 is 11.8 Å². The molecule has 1 amide bonds. The molecule has 0 saturated heterocycles. The Hall–Kier alpha value is -4.17. The van der Waals surface area contributed by atoms with Crippen LogP contribution in [-0.4, -0.2) is 47.9 Å². The Bertz CT molecular complexity index is 1160. The maximum Gasteiger partial charge on any atom is 0.373 e. The van der Waals surface area contributed by atoms with Gasteiger partial charge in [-0.2, -0.15) is 19.2 Å². The van der Waals surface area contributed by atoms with Crippen molar-refractivity contribution in [2.24, 2.45) is 0 Å². The molecule has 0 aliphatic rings. The first kappa shape index (κ1) is 35.8. The number of Topliss-reactive ketones (excluding diaryl/α,β-unsaturated/α-hetero) is 2. The molecule has 2 aromatic carbocycles. The molecule has 40 heavy (non-hydrogen) atoms. The zero-order valence-corrected chi connectivity index (χ0v) is 23.8. The molecule has 0 radical (unpaired) electrons. The fourth-order valence-electron chi connectivity index (χ4n) is 3.56. The topological polar surface area (TPSA) is 158 Å². The minimum absolute atomic E-state index is 0.00324. The molecule has 214 valence electrons. The molecule has 0 fully saturated rings. The van der Waals surface area contributed by atoms with E-state index >= 15 is 0 Å². The minimum Gasteiger partial charge on any atom is -0.457 e. The zero-order valence-electron chi connectivity index (χ0n) is 22.9. The van der Waals surface area contributed by atoms with Crippen LogP contribution in [0.25, 0.3) is 0 Å². The average molecular weight is 572 g/mol. The fraction of sp³-hybridized carbons (Fsp3) is 0.379. The van der Waals surface area contributed by atoms with Crippen molar-refractivity contribution in [1.82, 2.24) is 5.32 Å². The number of rotatable bonds is 13. The number of nitrogens with one attached hydrogen (secondary N) is 1. The van der Waals surface area contributed by atoms with Crippen LogP contribution in [-0.2, 0) is 33.5 Å². The van der Waals surface area contributed by atoms with Gasteiger partial charge in [-0.15, -0.1) is 0 Å². The third-order valence-electron chi connectivity index (χ3n) is 5.70. The van der Waals surface area contributed by atoms with Gasteiger partial charge in [-0.25, -0.2) is 0 Å². The molecular weight excluding hydrogens is 538 g/mol. The molecule has 11 heteroatoms. The van der Waals surface area contributed by atoms with Crippen LogP contribution < -0.4 is 5.32 Å². The van der Waals surface area contributed by atoms with Crippen molar-refractivity contribution in [3.8, 4) is 0 Å². The molecule has 10 nitrogen and oxygen atoms in total. The first-order valence-electron chi connectivity index (χ1n) is 12.4. The lowest BCUT2D eigenvalue weighted by atomic mass is 9.85. The third kappa shape index (κ3) is 13.6. The zero-order chi connectivity index (χ0) is 30.6. The summed E-state index contributed by atoms with van der Waals surface area (Å²) in [6.07, 6.45) is 3.12. The van der Waals surface area contributed by atoms with Crippen molar-refractivity contribution in [1.29, 1.82) is 0 Å². The van der Waals surface area contributed by atoms with Gasteiger partial charge >= 0.3 is 18.3 Å². The molecule has 2 rings (SSSR count). The van der Waals surface area contributed by atoms with E-state index < -0.39 is 5.54 Å². The molecule has 0 atom stereocenters. The van der Waals surface area contributed by atoms with Crippen LogP contribution in [0.3, 0.4) is 0 Å². The average Bonchev–Trinajstić information content (AvgIpc) is 2.93. The molecule has 0 aliphatic heterocycles. The molecule has 0 bridgehead atoms. The SMILES string of the molecule is CCCC(=O)OCC(=O)c1ccc(Sc2ccc(C(=O)CC(CC)(CC)NC(C)=O)cc2)cc1.O=C=O.O=C=O. The van der Waals surface area contributed by atoms with Crippen LogP contribution in [0.4, 0.5) is 0 Å². The van der Waals surface area contributed by atoms with Gasteiger partial charge in [0, 0.05) is 46.2 Å². The summed E-state index contributed by atoms with van der Waals surface area (Å²) in [5.74, 6) is -0.738. The van der Waals surface area contributed by atoms with Crippen molar-refractivity contribution < 1.29 is 43.1 Å². The van der Waals surface area contributed by atoms with Gasteiger partial charge in [0.1, 0.15) is 0 Å². The third-order valence-corrected chi connectivity index (χ3v) is 6.72. The Balaban J connectivity index is 0.00000232. The lowest BCUT2D eigenvalue weighted by molar-refractivity contribution is -0.193. The summed E-state index contributed by atoms with van der Waals surface area (Å²) in [4.78, 5) is 82.5. The summed E-state index contributed by atoms with van der Waals surface area (Å²) in [5, 5.41) is 2.96. The molecule has 0 saturated carbocycles. The lowest BCUT2D eigenvalue weighted by Crippen LogP contribution is -2.48. The highest BCUT2D eigenvalue weighted by Crippen LogP contribution is 2.29. The van der Waals surface area contributed by atoms with Gasteiger partial charge in [-0.05, 0) is 43.5 Å². The summed E-state index contributed by atoms with van der Waals surface area (Å²) in [5.41, 5.74) is 0.577. The van der Waals surface area contributed by atoms with Gasteiger partial charge in [0.15, 0.2) is 18.2 Å². The number of hydrogen-bond donors (Lipinski definition) is 1. The number of amides is 1. The highest BCUT2D eigenvalue weighted by Gasteiger charge is 2.30. The van der Waals surface area contributed by atoms with E-state index in [4.69, 9.17) is 23.9 Å². The van der Waals surface area contributed by atoms with Crippen molar-refractivity contribution >= 4 is 47.5 Å². The predicted molar refractivity (Wildman–Crippen MR) is 143 cm³/mol. The largest absolute Gasteiger partial charge is 0.457 e. The summed E-state index contributed by atoms with van der Waals surface area (Å²) in [7, 11) is 0. The van der Waals surface area contributed by atoms with Crippen LogP contribution in [0.2, 0.25) is 0 Å². The molecule has 0 spiro atoms. The molecule has 0 aliphatic carbocycles. The number of carbonyl (C=O) groups excluding carboxylic acids is 8. The van der Waals surface area contributed by atoms with Crippen LogP contribution in [0.15, 0.2) is 58.3 Å². The highest BCUT2D eigenvalue weighted by atomic mass is 32.2. The van der Waals surface area contributed by atoms with E-state index in [1.54, 1.807) is 24.3 Å². The quantitative estimate of drug-likeness (QED) is 0.269. The highest BCUT2D eigenvalue weighted by molar-refractivity contribution is 7.99. The second kappa shape index (κ2) is 19.8. The second-order valence-corrected chi connectivity index (χ2v) is 9.57. The van der Waals surface area contributed by atoms with Crippen LogP contribution in [0, 0.1) is 0 Å². The summed E-state index contributed by atoms with van der Waals surface area (Å²) in [6, 6.07) is 14.5. The molecule has 0 unspecified atom stereocenters. The first-order valence-corrected chi connectivity index (χ1v) is 13.2. The summed E-state index contributed by atoms with van der Waals surface area (Å²) >= 11 is 1.52. The van der Waals surface area contributed by atoms with E-state index in [1.165, 1.54) is 18.7 Å². The van der Waals surface area contributed by atoms with Crippen molar-refractivity contribution in [3.63, 3.8) is 0 Å². The maximum absolute atomic E-state index is 12.8. The number of esters is 1. The Morgan fingerprint density at radius 1 is 0.775 bits per heavy atom. The fourth-order valence-corrected chi connectivity index (χ4v) is 4.38. The smallest absolute Gasteiger partial charge is 0.373 e. The van der Waals surface area contributed by atoms with Gasteiger partial charge in [0.05, 0.1) is 0 Å². The maximum atomic E-state index is 12.8. The Kier molecular flexibility index (Phi) is 17.8. The van der Waals surface area contributed by atoms with Crippen molar-refractivity contribution in [2.75, 3.05) is 6.61 Å². The minimum atomic E-state index is -0.524. The Morgan fingerprint density at radius 3 is 1.57 bits per heavy atom. The number of carbonyl (C=O) groups is 4. The van der Waals surface area contributed by atoms with E-state index in [9.17, 15) is 19.2 Å². The van der Waals surface area contributed by atoms with Crippen LogP contribution in [0.1, 0.15) is 80.5 Å². The molecule has 1 N–H and O–H groups in total. The van der Waals surface area contributed by atoms with Crippen molar-refractivity contribution in [2.45, 2.75) is 75.1 Å². The molecule has 2 aromatic rings. The predicted octanol–water partition coefficient (Wildman–Crippen LogP) is 4.46. The number of benzene rings is 2. The van der Waals surface area contributed by atoms with Gasteiger partial charge in [0.25, 0.3) is 0 Å². The Morgan fingerprint density at radius 2 is 1.20 bits per heavy atom. The number of ether oxygens (including phenoxy) is 1. The molecular formula is C29H33NO9S. The van der Waals surface area contributed by atoms with E-state index in [-0.39, 0.29) is 48.8 Å². The Labute approximate surface area is 237 Å². The summed E-state index contributed by atoms with van der Waals surface area (Å²) in [6.45, 7) is 7.05.